The average Bonchev–Trinajstić information content (AvgIpc) is 2.43. The summed E-state index contributed by atoms with van der Waals surface area (Å²) in [6.45, 7) is 2.04. The summed E-state index contributed by atoms with van der Waals surface area (Å²) >= 11 is 0. The van der Waals surface area contributed by atoms with Crippen LogP contribution in [0.5, 0.6) is 11.5 Å². The Morgan fingerprint density at radius 3 is 2.60 bits per heavy atom. The Labute approximate surface area is 117 Å². The molecule has 0 spiro atoms. The van der Waals surface area contributed by atoms with Crippen LogP contribution in [0.3, 0.4) is 0 Å². The normalized spacial score (nSPS) is 10.3. The molecule has 0 fully saturated rings. The molecule has 1 rings (SSSR count). The van der Waals surface area contributed by atoms with Crippen molar-refractivity contribution in [2.24, 2.45) is 5.73 Å². The Hall–Kier alpha value is -2.50. The van der Waals surface area contributed by atoms with Crippen molar-refractivity contribution < 1.29 is 23.8 Å². The number of esters is 1. The number of amides is 1. The highest BCUT2D eigenvalue weighted by molar-refractivity contribution is 5.87. The van der Waals surface area contributed by atoms with Gasteiger partial charge in [0.15, 0.2) is 18.1 Å². The van der Waals surface area contributed by atoms with Crippen LogP contribution in [-0.4, -0.2) is 32.2 Å². The molecule has 1 amide bonds. The first-order valence-corrected chi connectivity index (χ1v) is 6.00. The maximum Gasteiger partial charge on any atom is 0.330 e. The number of carbonyl (C=O) groups is 2. The van der Waals surface area contributed by atoms with Crippen molar-refractivity contribution in [1.82, 2.24) is 0 Å². The van der Waals surface area contributed by atoms with Gasteiger partial charge in [-0.2, -0.15) is 0 Å². The van der Waals surface area contributed by atoms with Crippen LogP contribution in [0.2, 0.25) is 0 Å². The number of rotatable bonds is 7. The topological polar surface area (TPSA) is 87.8 Å². The molecule has 1 aromatic rings. The molecule has 0 aliphatic carbocycles. The van der Waals surface area contributed by atoms with Crippen LogP contribution in [0.4, 0.5) is 0 Å². The highest BCUT2D eigenvalue weighted by Crippen LogP contribution is 2.29. The van der Waals surface area contributed by atoms with E-state index < -0.39 is 11.9 Å². The molecule has 0 aliphatic heterocycles. The van der Waals surface area contributed by atoms with Crippen LogP contribution in [0.1, 0.15) is 12.5 Å². The first kappa shape index (κ1) is 15.6. The van der Waals surface area contributed by atoms with Gasteiger partial charge in [0.25, 0.3) is 5.91 Å². The Morgan fingerprint density at radius 2 is 2.00 bits per heavy atom. The van der Waals surface area contributed by atoms with E-state index in [-0.39, 0.29) is 6.61 Å². The van der Waals surface area contributed by atoms with Crippen LogP contribution < -0.4 is 15.2 Å². The van der Waals surface area contributed by atoms with E-state index >= 15 is 0 Å². The Kier molecular flexibility index (Phi) is 6.09. The average molecular weight is 279 g/mol. The highest BCUT2D eigenvalue weighted by atomic mass is 16.5. The fourth-order valence-corrected chi connectivity index (χ4v) is 1.40. The van der Waals surface area contributed by atoms with E-state index in [0.29, 0.717) is 18.1 Å². The molecule has 0 aliphatic rings. The Balaban J connectivity index is 2.90. The van der Waals surface area contributed by atoms with E-state index in [1.54, 1.807) is 24.3 Å². The molecular weight excluding hydrogens is 262 g/mol. The van der Waals surface area contributed by atoms with Gasteiger partial charge < -0.3 is 19.9 Å². The SMILES string of the molecule is CCOc1cc(/C=C/C(=O)OC)ccc1OCC(N)=O. The standard InChI is InChI=1S/C14H17NO5/c1-3-19-12-8-10(5-7-14(17)18-2)4-6-11(12)20-9-13(15)16/h4-8H,3,9H2,1-2H3,(H2,15,16)/b7-5+. The molecule has 1 aromatic carbocycles. The second-order valence-electron chi connectivity index (χ2n) is 3.75. The molecule has 0 saturated carbocycles. The lowest BCUT2D eigenvalue weighted by atomic mass is 10.2. The van der Waals surface area contributed by atoms with Crippen LogP contribution >= 0.6 is 0 Å². The van der Waals surface area contributed by atoms with E-state index in [0.717, 1.165) is 5.56 Å². The number of benzene rings is 1. The van der Waals surface area contributed by atoms with Crippen LogP contribution in [0.25, 0.3) is 6.08 Å². The summed E-state index contributed by atoms with van der Waals surface area (Å²) in [6.07, 6.45) is 2.89. The molecule has 0 heterocycles. The van der Waals surface area contributed by atoms with Crippen molar-refractivity contribution in [2.45, 2.75) is 6.92 Å². The fourth-order valence-electron chi connectivity index (χ4n) is 1.40. The number of hydrogen-bond donors (Lipinski definition) is 1. The summed E-state index contributed by atoms with van der Waals surface area (Å²) in [5.74, 6) is -0.124. The quantitative estimate of drug-likeness (QED) is 0.597. The maximum absolute atomic E-state index is 11.0. The summed E-state index contributed by atoms with van der Waals surface area (Å²) in [7, 11) is 1.30. The van der Waals surface area contributed by atoms with E-state index in [4.69, 9.17) is 15.2 Å². The molecule has 108 valence electrons. The molecule has 6 heteroatoms. The third-order valence-electron chi connectivity index (χ3n) is 2.25. The molecular formula is C14H17NO5. The van der Waals surface area contributed by atoms with Crippen molar-refractivity contribution >= 4 is 18.0 Å². The van der Waals surface area contributed by atoms with E-state index in [9.17, 15) is 9.59 Å². The zero-order valence-electron chi connectivity index (χ0n) is 11.4. The molecule has 0 saturated heterocycles. The van der Waals surface area contributed by atoms with Gasteiger partial charge in [-0.05, 0) is 30.7 Å². The molecule has 0 radical (unpaired) electrons. The van der Waals surface area contributed by atoms with Gasteiger partial charge in [-0.1, -0.05) is 6.07 Å². The first-order valence-electron chi connectivity index (χ1n) is 6.00. The molecule has 0 bridgehead atoms. The lowest BCUT2D eigenvalue weighted by Crippen LogP contribution is -2.20. The minimum absolute atomic E-state index is 0.225. The molecule has 6 nitrogen and oxygen atoms in total. The van der Waals surface area contributed by atoms with Gasteiger partial charge in [-0.15, -0.1) is 0 Å². The Morgan fingerprint density at radius 1 is 1.25 bits per heavy atom. The van der Waals surface area contributed by atoms with Gasteiger partial charge in [0.05, 0.1) is 13.7 Å². The second kappa shape index (κ2) is 7.83. The lowest BCUT2D eigenvalue weighted by Gasteiger charge is -2.11. The minimum Gasteiger partial charge on any atom is -0.490 e. The van der Waals surface area contributed by atoms with Gasteiger partial charge in [-0.3, -0.25) is 4.79 Å². The fraction of sp³-hybridized carbons (Fsp3) is 0.286. The number of ether oxygens (including phenoxy) is 3. The number of methoxy groups -OCH3 is 1. The number of nitrogens with two attached hydrogens (primary N) is 1. The van der Waals surface area contributed by atoms with Crippen molar-refractivity contribution in [1.29, 1.82) is 0 Å². The minimum atomic E-state index is -0.567. The summed E-state index contributed by atoms with van der Waals surface area (Å²) in [5.41, 5.74) is 5.76. The van der Waals surface area contributed by atoms with Crippen LogP contribution in [0, 0.1) is 0 Å². The second-order valence-corrected chi connectivity index (χ2v) is 3.75. The molecule has 2 N–H and O–H groups in total. The van der Waals surface area contributed by atoms with Crippen molar-refractivity contribution in [3.05, 3.63) is 29.8 Å². The summed E-state index contributed by atoms with van der Waals surface area (Å²) in [5, 5.41) is 0. The summed E-state index contributed by atoms with van der Waals surface area (Å²) < 4.78 is 15.2. The smallest absolute Gasteiger partial charge is 0.330 e. The van der Waals surface area contributed by atoms with E-state index in [1.165, 1.54) is 13.2 Å². The number of hydrogen-bond acceptors (Lipinski definition) is 5. The number of primary amides is 1. The summed E-state index contributed by atoms with van der Waals surface area (Å²) in [6, 6.07) is 5.06. The first-order chi connectivity index (χ1) is 9.56. The zero-order valence-corrected chi connectivity index (χ0v) is 11.4. The molecule has 20 heavy (non-hydrogen) atoms. The van der Waals surface area contributed by atoms with Crippen molar-refractivity contribution in [2.75, 3.05) is 20.3 Å². The van der Waals surface area contributed by atoms with Gasteiger partial charge in [0.1, 0.15) is 0 Å². The lowest BCUT2D eigenvalue weighted by molar-refractivity contribution is -0.134. The van der Waals surface area contributed by atoms with Crippen molar-refractivity contribution in [3.8, 4) is 11.5 Å². The monoisotopic (exact) mass is 279 g/mol. The van der Waals surface area contributed by atoms with Crippen LogP contribution in [-0.2, 0) is 14.3 Å². The molecule has 0 aromatic heterocycles. The summed E-state index contributed by atoms with van der Waals surface area (Å²) in [4.78, 5) is 21.7. The predicted octanol–water partition coefficient (Wildman–Crippen LogP) is 1.14. The Bertz CT molecular complexity index is 510. The molecule has 0 unspecified atom stereocenters. The third-order valence-corrected chi connectivity index (χ3v) is 2.25. The third kappa shape index (κ3) is 5.01. The number of carbonyl (C=O) groups excluding carboxylic acids is 2. The van der Waals surface area contributed by atoms with Gasteiger partial charge in [0.2, 0.25) is 0 Å². The van der Waals surface area contributed by atoms with Crippen molar-refractivity contribution in [3.63, 3.8) is 0 Å². The van der Waals surface area contributed by atoms with Gasteiger partial charge in [-0.25, -0.2) is 4.79 Å². The van der Waals surface area contributed by atoms with Crippen LogP contribution in [0.15, 0.2) is 24.3 Å². The highest BCUT2D eigenvalue weighted by Gasteiger charge is 2.07. The van der Waals surface area contributed by atoms with E-state index in [1.807, 2.05) is 6.92 Å². The largest absolute Gasteiger partial charge is 0.490 e. The zero-order chi connectivity index (χ0) is 15.0. The molecule has 0 atom stereocenters. The predicted molar refractivity (Wildman–Crippen MR) is 73.4 cm³/mol. The maximum atomic E-state index is 11.0. The van der Waals surface area contributed by atoms with E-state index in [2.05, 4.69) is 4.74 Å². The van der Waals surface area contributed by atoms with Gasteiger partial charge in [0, 0.05) is 6.08 Å². The van der Waals surface area contributed by atoms with Gasteiger partial charge >= 0.3 is 5.97 Å².